The molecule has 6 nitrogen and oxygen atoms in total. The first-order valence-electron chi connectivity index (χ1n) is 10.5. The van der Waals surface area contributed by atoms with Crippen LogP contribution in [-0.4, -0.2) is 57.6 Å². The van der Waals surface area contributed by atoms with Crippen molar-refractivity contribution < 1.29 is 14.0 Å². The van der Waals surface area contributed by atoms with E-state index in [1.165, 1.54) is 12.1 Å². The summed E-state index contributed by atoms with van der Waals surface area (Å²) in [6, 6.07) is 13.6. The summed E-state index contributed by atoms with van der Waals surface area (Å²) in [5.41, 5.74) is 3.93. The highest BCUT2D eigenvalue weighted by molar-refractivity contribution is 6.33. The highest BCUT2D eigenvalue weighted by atomic mass is 35.5. The Morgan fingerprint density at radius 3 is 2.31 bits per heavy atom. The fourth-order valence-corrected chi connectivity index (χ4v) is 4.25. The molecule has 4 rings (SSSR count). The molecular formula is C24H24ClFN4O2. The quantitative estimate of drug-likeness (QED) is 0.602. The molecule has 0 aliphatic carbocycles. The Bertz CT molecular complexity index is 1150. The lowest BCUT2D eigenvalue weighted by molar-refractivity contribution is -0.131. The minimum Gasteiger partial charge on any atom is -0.339 e. The van der Waals surface area contributed by atoms with Gasteiger partial charge < -0.3 is 9.80 Å². The summed E-state index contributed by atoms with van der Waals surface area (Å²) in [5.74, 6) is -0.725. The number of halogens is 2. The fourth-order valence-electron chi connectivity index (χ4n) is 4.01. The Morgan fingerprint density at radius 2 is 1.66 bits per heavy atom. The molecule has 0 radical (unpaired) electrons. The molecule has 1 fully saturated rings. The van der Waals surface area contributed by atoms with Crippen LogP contribution in [0.1, 0.15) is 27.3 Å². The maximum atomic E-state index is 13.3. The first kappa shape index (κ1) is 22.0. The Balaban J connectivity index is 1.40. The average Bonchev–Trinajstić information content (AvgIpc) is 3.07. The lowest BCUT2D eigenvalue weighted by atomic mass is 10.1. The van der Waals surface area contributed by atoms with Crippen LogP contribution in [0.5, 0.6) is 0 Å². The zero-order valence-corrected chi connectivity index (χ0v) is 18.8. The van der Waals surface area contributed by atoms with Gasteiger partial charge in [0.25, 0.3) is 5.91 Å². The SMILES string of the molecule is Cc1nn(-c2ccccc2)c(C)c1CC(=O)N1CCN(C(=O)c2ccc(F)cc2Cl)CC1. The molecule has 8 heteroatoms. The number of hydrogen-bond donors (Lipinski definition) is 0. The monoisotopic (exact) mass is 454 g/mol. The number of carbonyl (C=O) groups excluding carboxylic acids is 2. The van der Waals surface area contributed by atoms with E-state index in [1.54, 1.807) is 9.80 Å². The number of para-hydroxylation sites is 1. The number of benzene rings is 2. The molecule has 1 saturated heterocycles. The molecule has 1 aliphatic heterocycles. The molecule has 3 aromatic rings. The largest absolute Gasteiger partial charge is 0.339 e. The van der Waals surface area contributed by atoms with Crippen LogP contribution in [0, 0.1) is 19.7 Å². The number of nitrogens with zero attached hydrogens (tertiary/aromatic N) is 4. The highest BCUT2D eigenvalue weighted by Gasteiger charge is 2.27. The van der Waals surface area contributed by atoms with Gasteiger partial charge in [-0.05, 0) is 44.2 Å². The van der Waals surface area contributed by atoms with Crippen LogP contribution in [0.15, 0.2) is 48.5 Å². The Labute approximate surface area is 191 Å². The van der Waals surface area contributed by atoms with Crippen molar-refractivity contribution >= 4 is 23.4 Å². The van der Waals surface area contributed by atoms with Gasteiger partial charge in [0.15, 0.2) is 0 Å². The van der Waals surface area contributed by atoms with Crippen LogP contribution < -0.4 is 0 Å². The van der Waals surface area contributed by atoms with Crippen molar-refractivity contribution in [1.29, 1.82) is 0 Å². The number of piperazine rings is 1. The molecule has 0 spiro atoms. The van der Waals surface area contributed by atoms with Crippen LogP contribution in [0.25, 0.3) is 5.69 Å². The molecule has 2 aromatic carbocycles. The van der Waals surface area contributed by atoms with Crippen molar-refractivity contribution in [2.24, 2.45) is 0 Å². The minimum atomic E-state index is -0.483. The van der Waals surface area contributed by atoms with Gasteiger partial charge >= 0.3 is 0 Å². The van der Waals surface area contributed by atoms with Gasteiger partial charge in [-0.1, -0.05) is 29.8 Å². The van der Waals surface area contributed by atoms with E-state index in [0.29, 0.717) is 26.2 Å². The number of hydrogen-bond acceptors (Lipinski definition) is 3. The smallest absolute Gasteiger partial charge is 0.255 e. The van der Waals surface area contributed by atoms with E-state index in [2.05, 4.69) is 5.10 Å². The number of aromatic nitrogens is 2. The zero-order chi connectivity index (χ0) is 22.8. The molecule has 0 atom stereocenters. The number of rotatable bonds is 4. The van der Waals surface area contributed by atoms with Gasteiger partial charge in [-0.3, -0.25) is 9.59 Å². The van der Waals surface area contributed by atoms with Crippen molar-refractivity contribution in [2.75, 3.05) is 26.2 Å². The first-order chi connectivity index (χ1) is 15.3. The Morgan fingerprint density at radius 1 is 1.00 bits per heavy atom. The van der Waals surface area contributed by atoms with Crippen LogP contribution in [-0.2, 0) is 11.2 Å². The highest BCUT2D eigenvalue weighted by Crippen LogP contribution is 2.21. The van der Waals surface area contributed by atoms with E-state index >= 15 is 0 Å². The van der Waals surface area contributed by atoms with Gasteiger partial charge in [-0.25, -0.2) is 9.07 Å². The molecule has 0 bridgehead atoms. The summed E-state index contributed by atoms with van der Waals surface area (Å²) in [7, 11) is 0. The second-order valence-electron chi connectivity index (χ2n) is 7.87. The third kappa shape index (κ3) is 4.39. The normalized spacial score (nSPS) is 14.0. The lowest BCUT2D eigenvalue weighted by Crippen LogP contribution is -2.51. The third-order valence-corrected chi connectivity index (χ3v) is 6.16. The fraction of sp³-hybridized carbons (Fsp3) is 0.292. The van der Waals surface area contributed by atoms with Gasteiger partial charge in [-0.15, -0.1) is 0 Å². The molecule has 166 valence electrons. The summed E-state index contributed by atoms with van der Waals surface area (Å²) in [4.78, 5) is 29.1. The van der Waals surface area contributed by atoms with Crippen molar-refractivity contribution in [1.82, 2.24) is 19.6 Å². The van der Waals surface area contributed by atoms with Crippen LogP contribution in [0.4, 0.5) is 4.39 Å². The van der Waals surface area contributed by atoms with E-state index in [0.717, 1.165) is 28.7 Å². The van der Waals surface area contributed by atoms with E-state index in [9.17, 15) is 14.0 Å². The summed E-state index contributed by atoms with van der Waals surface area (Å²) in [5, 5.41) is 4.71. The molecule has 0 saturated carbocycles. The number of amides is 2. The maximum absolute atomic E-state index is 13.3. The Hall–Kier alpha value is -3.19. The van der Waals surface area contributed by atoms with Gasteiger partial charge in [0.05, 0.1) is 28.4 Å². The Kier molecular flexibility index (Phi) is 6.28. The average molecular weight is 455 g/mol. The predicted molar refractivity (Wildman–Crippen MR) is 121 cm³/mol. The van der Waals surface area contributed by atoms with E-state index in [1.807, 2.05) is 48.9 Å². The molecule has 2 amide bonds. The van der Waals surface area contributed by atoms with Gasteiger partial charge in [0, 0.05) is 37.4 Å². The minimum absolute atomic E-state index is 0.00993. The van der Waals surface area contributed by atoms with Gasteiger partial charge in [-0.2, -0.15) is 5.10 Å². The van der Waals surface area contributed by atoms with Crippen molar-refractivity contribution in [3.8, 4) is 5.69 Å². The van der Waals surface area contributed by atoms with Crippen LogP contribution in [0.2, 0.25) is 5.02 Å². The maximum Gasteiger partial charge on any atom is 0.255 e. The van der Waals surface area contributed by atoms with Crippen molar-refractivity contribution in [2.45, 2.75) is 20.3 Å². The number of aryl methyl sites for hydroxylation is 1. The second kappa shape index (κ2) is 9.12. The molecule has 0 unspecified atom stereocenters. The summed E-state index contributed by atoms with van der Waals surface area (Å²) < 4.78 is 15.1. The topological polar surface area (TPSA) is 58.4 Å². The molecule has 1 aromatic heterocycles. The third-order valence-electron chi connectivity index (χ3n) is 5.85. The predicted octanol–water partition coefficient (Wildman–Crippen LogP) is 3.81. The molecular weight excluding hydrogens is 431 g/mol. The zero-order valence-electron chi connectivity index (χ0n) is 18.0. The van der Waals surface area contributed by atoms with Crippen molar-refractivity contribution in [3.63, 3.8) is 0 Å². The molecule has 2 heterocycles. The number of carbonyl (C=O) groups is 2. The first-order valence-corrected chi connectivity index (χ1v) is 10.9. The standard InChI is InChI=1S/C24H24ClFN4O2/c1-16-21(17(2)30(27-16)19-6-4-3-5-7-19)15-23(31)28-10-12-29(13-11-28)24(32)20-9-8-18(26)14-22(20)25/h3-9,14H,10-13,15H2,1-2H3. The molecule has 1 aliphatic rings. The molecule has 32 heavy (non-hydrogen) atoms. The van der Waals surface area contributed by atoms with E-state index < -0.39 is 5.82 Å². The second-order valence-corrected chi connectivity index (χ2v) is 8.28. The summed E-state index contributed by atoms with van der Waals surface area (Å²) in [6.07, 6.45) is 0.266. The van der Waals surface area contributed by atoms with E-state index in [4.69, 9.17) is 11.6 Å². The lowest BCUT2D eigenvalue weighted by Gasteiger charge is -2.35. The van der Waals surface area contributed by atoms with Crippen molar-refractivity contribution in [3.05, 3.63) is 81.9 Å². The van der Waals surface area contributed by atoms with Gasteiger partial charge in [0.2, 0.25) is 5.91 Å². The van der Waals surface area contributed by atoms with Crippen LogP contribution >= 0.6 is 11.6 Å². The van der Waals surface area contributed by atoms with Crippen LogP contribution in [0.3, 0.4) is 0 Å². The summed E-state index contributed by atoms with van der Waals surface area (Å²) >= 11 is 6.03. The summed E-state index contributed by atoms with van der Waals surface area (Å²) in [6.45, 7) is 5.57. The molecule has 0 N–H and O–H groups in total. The van der Waals surface area contributed by atoms with E-state index in [-0.39, 0.29) is 28.8 Å². The van der Waals surface area contributed by atoms with Gasteiger partial charge in [0.1, 0.15) is 5.82 Å².